The minimum absolute atomic E-state index is 0.0600. The van der Waals surface area contributed by atoms with Crippen LogP contribution in [0.5, 0.6) is 0 Å². The number of aromatic amines is 1. The van der Waals surface area contributed by atoms with Gasteiger partial charge in [-0.25, -0.2) is 4.98 Å². The van der Waals surface area contributed by atoms with Crippen LogP contribution in [0.4, 0.5) is 0 Å². The number of rotatable bonds is 10. The van der Waals surface area contributed by atoms with Crippen molar-refractivity contribution >= 4 is 0 Å². The number of H-pyrrole nitrogens is 1. The summed E-state index contributed by atoms with van der Waals surface area (Å²) in [6, 6.07) is 0.0600. The molecule has 0 fully saturated rings. The first-order valence-corrected chi connectivity index (χ1v) is 7.53. The van der Waals surface area contributed by atoms with Crippen LogP contribution in [0.1, 0.15) is 82.8 Å². The maximum absolute atomic E-state index is 5.79. The average Bonchev–Trinajstić information content (AvgIpc) is 2.81. The molecule has 1 heterocycles. The molecule has 0 aliphatic rings. The molecule has 0 radical (unpaired) electrons. The second-order valence-corrected chi connectivity index (χ2v) is 5.30. The van der Waals surface area contributed by atoms with Crippen molar-refractivity contribution < 1.29 is 0 Å². The summed E-state index contributed by atoms with van der Waals surface area (Å²) >= 11 is 0. The summed E-state index contributed by atoms with van der Waals surface area (Å²) in [5.41, 5.74) is 6.84. The van der Waals surface area contributed by atoms with E-state index in [0.717, 1.165) is 17.9 Å². The Morgan fingerprint density at radius 2 is 1.72 bits per heavy atom. The van der Waals surface area contributed by atoms with Gasteiger partial charge in [-0.3, -0.25) is 0 Å². The van der Waals surface area contributed by atoms with Gasteiger partial charge in [0.1, 0.15) is 5.82 Å². The molecular formula is C15H29N3. The van der Waals surface area contributed by atoms with Gasteiger partial charge in [0, 0.05) is 18.7 Å². The number of aryl methyl sites for hydroxylation is 1. The van der Waals surface area contributed by atoms with Gasteiger partial charge in [0.05, 0.1) is 5.69 Å². The molecule has 1 atom stereocenters. The molecule has 3 N–H and O–H groups in total. The van der Waals surface area contributed by atoms with E-state index in [2.05, 4.69) is 16.9 Å². The van der Waals surface area contributed by atoms with E-state index >= 15 is 0 Å². The largest absolute Gasteiger partial charge is 0.345 e. The summed E-state index contributed by atoms with van der Waals surface area (Å²) < 4.78 is 0. The zero-order valence-corrected chi connectivity index (χ0v) is 12.0. The monoisotopic (exact) mass is 251 g/mol. The van der Waals surface area contributed by atoms with Crippen LogP contribution in [0.3, 0.4) is 0 Å². The van der Waals surface area contributed by atoms with E-state index in [-0.39, 0.29) is 6.04 Å². The molecule has 0 aliphatic heterocycles. The number of unbranched alkanes of at least 4 members (excludes halogenated alkanes) is 7. The predicted molar refractivity (Wildman–Crippen MR) is 77.5 cm³/mol. The Morgan fingerprint density at radius 3 is 2.28 bits per heavy atom. The highest BCUT2D eigenvalue weighted by atomic mass is 14.9. The van der Waals surface area contributed by atoms with Crippen molar-refractivity contribution in [2.75, 3.05) is 0 Å². The SMILES string of the molecule is CCCCCCCCCCc1ncc(C(C)N)[nH]1. The maximum atomic E-state index is 5.79. The summed E-state index contributed by atoms with van der Waals surface area (Å²) in [6.07, 6.45) is 13.8. The molecule has 0 spiro atoms. The molecule has 3 heteroatoms. The molecule has 0 saturated heterocycles. The van der Waals surface area contributed by atoms with Crippen LogP contribution >= 0.6 is 0 Å². The average molecular weight is 251 g/mol. The molecule has 18 heavy (non-hydrogen) atoms. The first kappa shape index (κ1) is 15.2. The van der Waals surface area contributed by atoms with E-state index in [1.807, 2.05) is 13.1 Å². The Hall–Kier alpha value is -0.830. The fraction of sp³-hybridized carbons (Fsp3) is 0.800. The zero-order valence-electron chi connectivity index (χ0n) is 12.0. The highest BCUT2D eigenvalue weighted by Gasteiger charge is 2.03. The standard InChI is InChI=1S/C15H29N3/c1-3-4-5-6-7-8-9-10-11-15-17-12-14(18-15)13(2)16/h12-13H,3-11,16H2,1-2H3,(H,17,18). The third-order valence-corrected chi connectivity index (χ3v) is 3.41. The molecule has 1 unspecified atom stereocenters. The second-order valence-electron chi connectivity index (χ2n) is 5.30. The van der Waals surface area contributed by atoms with Crippen molar-refractivity contribution in [1.29, 1.82) is 0 Å². The van der Waals surface area contributed by atoms with Crippen LogP contribution in [0.2, 0.25) is 0 Å². The molecule has 3 nitrogen and oxygen atoms in total. The molecule has 0 aromatic carbocycles. The van der Waals surface area contributed by atoms with Crippen LogP contribution in [0.25, 0.3) is 0 Å². The third-order valence-electron chi connectivity index (χ3n) is 3.41. The van der Waals surface area contributed by atoms with Crippen molar-refractivity contribution in [3.8, 4) is 0 Å². The first-order valence-electron chi connectivity index (χ1n) is 7.53. The Kier molecular flexibility index (Phi) is 7.74. The van der Waals surface area contributed by atoms with Crippen molar-refractivity contribution in [1.82, 2.24) is 9.97 Å². The van der Waals surface area contributed by atoms with E-state index in [4.69, 9.17) is 5.73 Å². The van der Waals surface area contributed by atoms with Crippen molar-refractivity contribution in [2.24, 2.45) is 5.73 Å². The van der Waals surface area contributed by atoms with E-state index in [9.17, 15) is 0 Å². The summed E-state index contributed by atoms with van der Waals surface area (Å²) in [5.74, 6) is 1.09. The first-order chi connectivity index (χ1) is 8.74. The molecule has 1 aromatic rings. The molecule has 104 valence electrons. The number of nitrogens with one attached hydrogen (secondary N) is 1. The lowest BCUT2D eigenvalue weighted by atomic mass is 10.1. The Bertz CT molecular complexity index is 304. The van der Waals surface area contributed by atoms with Crippen molar-refractivity contribution in [3.05, 3.63) is 17.7 Å². The van der Waals surface area contributed by atoms with E-state index in [1.165, 1.54) is 51.4 Å². The Labute approximate surface area is 112 Å². The van der Waals surface area contributed by atoms with Crippen molar-refractivity contribution in [2.45, 2.75) is 77.7 Å². The molecular weight excluding hydrogens is 222 g/mol. The summed E-state index contributed by atoms with van der Waals surface area (Å²) in [7, 11) is 0. The van der Waals surface area contributed by atoms with E-state index in [1.54, 1.807) is 0 Å². The number of hydrogen-bond donors (Lipinski definition) is 2. The topological polar surface area (TPSA) is 54.7 Å². The third kappa shape index (κ3) is 6.20. The molecule has 0 aliphatic carbocycles. The fourth-order valence-electron chi connectivity index (χ4n) is 2.16. The Balaban J connectivity index is 2.00. The lowest BCUT2D eigenvalue weighted by Crippen LogP contribution is -2.05. The van der Waals surface area contributed by atoms with Crippen LogP contribution in [0.15, 0.2) is 6.20 Å². The summed E-state index contributed by atoms with van der Waals surface area (Å²) in [4.78, 5) is 7.66. The lowest BCUT2D eigenvalue weighted by molar-refractivity contribution is 0.572. The van der Waals surface area contributed by atoms with Gasteiger partial charge in [-0.05, 0) is 13.3 Å². The molecule has 0 amide bonds. The number of imidazole rings is 1. The number of nitrogens with zero attached hydrogens (tertiary/aromatic N) is 1. The molecule has 1 rings (SSSR count). The van der Waals surface area contributed by atoms with Gasteiger partial charge >= 0.3 is 0 Å². The van der Waals surface area contributed by atoms with Gasteiger partial charge in [-0.1, -0.05) is 51.9 Å². The van der Waals surface area contributed by atoms with Crippen LogP contribution < -0.4 is 5.73 Å². The highest BCUT2D eigenvalue weighted by Crippen LogP contribution is 2.11. The van der Waals surface area contributed by atoms with E-state index in [0.29, 0.717) is 0 Å². The molecule has 0 saturated carbocycles. The maximum Gasteiger partial charge on any atom is 0.106 e. The van der Waals surface area contributed by atoms with Gasteiger partial charge in [0.2, 0.25) is 0 Å². The minimum Gasteiger partial charge on any atom is -0.345 e. The van der Waals surface area contributed by atoms with Gasteiger partial charge in [0.15, 0.2) is 0 Å². The van der Waals surface area contributed by atoms with Gasteiger partial charge < -0.3 is 10.7 Å². The Morgan fingerprint density at radius 1 is 1.11 bits per heavy atom. The van der Waals surface area contributed by atoms with Crippen molar-refractivity contribution in [3.63, 3.8) is 0 Å². The molecule has 0 bridgehead atoms. The molecule has 1 aromatic heterocycles. The fourth-order valence-corrected chi connectivity index (χ4v) is 2.16. The summed E-state index contributed by atoms with van der Waals surface area (Å²) in [5, 5.41) is 0. The lowest BCUT2D eigenvalue weighted by Gasteiger charge is -2.01. The van der Waals surface area contributed by atoms with Gasteiger partial charge in [-0.2, -0.15) is 0 Å². The van der Waals surface area contributed by atoms with Crippen LogP contribution in [0, 0.1) is 0 Å². The smallest absolute Gasteiger partial charge is 0.106 e. The predicted octanol–water partition coefficient (Wildman–Crippen LogP) is 4.11. The zero-order chi connectivity index (χ0) is 13.2. The highest BCUT2D eigenvalue weighted by molar-refractivity contribution is 5.04. The van der Waals surface area contributed by atoms with Crippen LogP contribution in [-0.4, -0.2) is 9.97 Å². The minimum atomic E-state index is 0.0600. The quantitative estimate of drug-likeness (QED) is 0.615. The van der Waals surface area contributed by atoms with Crippen LogP contribution in [-0.2, 0) is 6.42 Å². The summed E-state index contributed by atoms with van der Waals surface area (Å²) in [6.45, 7) is 4.24. The second kappa shape index (κ2) is 9.15. The number of nitrogens with two attached hydrogens (primary N) is 1. The van der Waals surface area contributed by atoms with Gasteiger partial charge in [0.25, 0.3) is 0 Å². The van der Waals surface area contributed by atoms with Gasteiger partial charge in [-0.15, -0.1) is 0 Å². The normalized spacial score (nSPS) is 12.8. The van der Waals surface area contributed by atoms with E-state index < -0.39 is 0 Å². The number of hydrogen-bond acceptors (Lipinski definition) is 2. The number of aromatic nitrogens is 2.